The van der Waals surface area contributed by atoms with Crippen molar-refractivity contribution in [2.75, 3.05) is 18.5 Å². The lowest BCUT2D eigenvalue weighted by Crippen LogP contribution is -2.16. The lowest BCUT2D eigenvalue weighted by Gasteiger charge is -2.13. The van der Waals surface area contributed by atoms with Gasteiger partial charge in [-0.1, -0.05) is 12.8 Å². The summed E-state index contributed by atoms with van der Waals surface area (Å²) in [7, 11) is 0. The van der Waals surface area contributed by atoms with Crippen molar-refractivity contribution >= 4 is 21.6 Å². The summed E-state index contributed by atoms with van der Waals surface area (Å²) >= 11 is 3.09. The van der Waals surface area contributed by atoms with Crippen LogP contribution in [0.5, 0.6) is 0 Å². The fourth-order valence-electron chi connectivity index (χ4n) is 2.24. The average molecular weight is 327 g/mol. The quantitative estimate of drug-likeness (QED) is 0.836. The Morgan fingerprint density at radius 3 is 2.84 bits per heavy atom. The van der Waals surface area contributed by atoms with Crippen LogP contribution in [0, 0.1) is 17.1 Å². The molecule has 5 heteroatoms. The van der Waals surface area contributed by atoms with Gasteiger partial charge in [-0.3, -0.25) is 0 Å². The molecule has 1 aliphatic carbocycles. The molecule has 1 N–H and O–H groups in total. The van der Waals surface area contributed by atoms with E-state index in [4.69, 9.17) is 10.00 Å². The normalized spacial score (nSPS) is 15.4. The standard InChI is InChI=1S/C14H16BrFN2O/c15-13-10(9-17)5-6-12(14(13)16)18-7-8-19-11-3-1-2-4-11/h5-6,11,18H,1-4,7-8H2. The number of anilines is 1. The van der Waals surface area contributed by atoms with Crippen LogP contribution < -0.4 is 5.32 Å². The highest BCUT2D eigenvalue weighted by molar-refractivity contribution is 9.10. The summed E-state index contributed by atoms with van der Waals surface area (Å²) in [5, 5.41) is 11.8. The SMILES string of the molecule is N#Cc1ccc(NCCOC2CCCC2)c(F)c1Br. The van der Waals surface area contributed by atoms with Crippen molar-refractivity contribution in [3.05, 3.63) is 28.0 Å². The third-order valence-corrected chi connectivity index (χ3v) is 4.05. The van der Waals surface area contributed by atoms with E-state index in [1.54, 1.807) is 12.1 Å². The zero-order chi connectivity index (χ0) is 13.7. The maximum atomic E-state index is 13.9. The van der Waals surface area contributed by atoms with Gasteiger partial charge in [0.05, 0.1) is 28.4 Å². The summed E-state index contributed by atoms with van der Waals surface area (Å²) in [5.41, 5.74) is 0.686. The molecule has 0 heterocycles. The molecular formula is C14H16BrFN2O. The van der Waals surface area contributed by atoms with E-state index in [0.717, 1.165) is 12.8 Å². The topological polar surface area (TPSA) is 45.0 Å². The number of nitrogens with zero attached hydrogens (tertiary/aromatic N) is 1. The van der Waals surface area contributed by atoms with Gasteiger partial charge in [-0.15, -0.1) is 0 Å². The minimum absolute atomic E-state index is 0.205. The van der Waals surface area contributed by atoms with Gasteiger partial charge >= 0.3 is 0 Å². The number of nitrogens with one attached hydrogen (secondary N) is 1. The largest absolute Gasteiger partial charge is 0.380 e. The molecule has 0 spiro atoms. The summed E-state index contributed by atoms with van der Waals surface area (Å²) < 4.78 is 19.8. The van der Waals surface area contributed by atoms with Crippen LogP contribution >= 0.6 is 15.9 Å². The molecule has 0 bridgehead atoms. The second kappa shape index (κ2) is 6.88. The molecule has 1 saturated carbocycles. The van der Waals surface area contributed by atoms with Crippen molar-refractivity contribution in [3.8, 4) is 6.07 Å². The van der Waals surface area contributed by atoms with Crippen molar-refractivity contribution < 1.29 is 9.13 Å². The maximum Gasteiger partial charge on any atom is 0.161 e. The molecule has 2 rings (SSSR count). The Balaban J connectivity index is 1.82. The number of halogens is 2. The molecule has 0 unspecified atom stereocenters. The number of nitriles is 1. The highest BCUT2D eigenvalue weighted by Crippen LogP contribution is 2.26. The number of hydrogen-bond acceptors (Lipinski definition) is 3. The summed E-state index contributed by atoms with van der Waals surface area (Å²) in [6, 6.07) is 5.10. The van der Waals surface area contributed by atoms with Crippen molar-refractivity contribution in [2.24, 2.45) is 0 Å². The number of benzene rings is 1. The summed E-state index contributed by atoms with van der Waals surface area (Å²) in [4.78, 5) is 0. The van der Waals surface area contributed by atoms with Gasteiger partial charge in [0.1, 0.15) is 6.07 Å². The van der Waals surface area contributed by atoms with Crippen molar-refractivity contribution in [2.45, 2.75) is 31.8 Å². The molecule has 0 atom stereocenters. The van der Waals surface area contributed by atoms with Crippen LogP contribution in [-0.4, -0.2) is 19.3 Å². The molecule has 102 valence electrons. The van der Waals surface area contributed by atoms with E-state index in [-0.39, 0.29) is 4.47 Å². The summed E-state index contributed by atoms with van der Waals surface area (Å²) in [5.74, 6) is -0.431. The molecule has 0 aromatic heterocycles. The first-order valence-corrected chi connectivity index (χ1v) is 7.25. The van der Waals surface area contributed by atoms with Gasteiger partial charge in [-0.2, -0.15) is 5.26 Å². The Morgan fingerprint density at radius 1 is 1.42 bits per heavy atom. The third-order valence-electron chi connectivity index (χ3n) is 3.28. The van der Waals surface area contributed by atoms with Gasteiger partial charge in [-0.25, -0.2) is 4.39 Å². The first kappa shape index (κ1) is 14.3. The lowest BCUT2D eigenvalue weighted by atomic mass is 10.2. The molecule has 0 radical (unpaired) electrons. The van der Waals surface area contributed by atoms with Gasteiger partial charge < -0.3 is 10.1 Å². The van der Waals surface area contributed by atoms with Crippen LogP contribution in [0.15, 0.2) is 16.6 Å². The molecule has 1 aromatic carbocycles. The average Bonchev–Trinajstić information content (AvgIpc) is 2.92. The van der Waals surface area contributed by atoms with Gasteiger partial charge in [0, 0.05) is 6.54 Å². The van der Waals surface area contributed by atoms with Gasteiger partial charge in [0.15, 0.2) is 5.82 Å². The highest BCUT2D eigenvalue weighted by atomic mass is 79.9. The fraction of sp³-hybridized carbons (Fsp3) is 0.500. The molecule has 0 saturated heterocycles. The van der Waals surface area contributed by atoms with Crippen LogP contribution in [0.4, 0.5) is 10.1 Å². The molecular weight excluding hydrogens is 311 g/mol. The Labute approximate surface area is 120 Å². The second-order valence-electron chi connectivity index (χ2n) is 4.60. The van der Waals surface area contributed by atoms with Crippen LogP contribution in [-0.2, 0) is 4.74 Å². The lowest BCUT2D eigenvalue weighted by molar-refractivity contribution is 0.0659. The van der Waals surface area contributed by atoms with E-state index in [0.29, 0.717) is 30.5 Å². The van der Waals surface area contributed by atoms with E-state index in [1.165, 1.54) is 12.8 Å². The van der Waals surface area contributed by atoms with Gasteiger partial charge in [0.25, 0.3) is 0 Å². The number of rotatable bonds is 5. The monoisotopic (exact) mass is 326 g/mol. The van der Waals surface area contributed by atoms with Gasteiger partial charge in [-0.05, 0) is 40.9 Å². The Morgan fingerprint density at radius 2 is 2.16 bits per heavy atom. The third kappa shape index (κ3) is 3.68. The molecule has 19 heavy (non-hydrogen) atoms. The molecule has 1 fully saturated rings. The van der Waals surface area contributed by atoms with Crippen LogP contribution in [0.2, 0.25) is 0 Å². The van der Waals surface area contributed by atoms with Crippen molar-refractivity contribution in [3.63, 3.8) is 0 Å². The van der Waals surface area contributed by atoms with Gasteiger partial charge in [0.2, 0.25) is 0 Å². The first-order valence-electron chi connectivity index (χ1n) is 6.46. The molecule has 0 aliphatic heterocycles. The fourth-order valence-corrected chi connectivity index (χ4v) is 2.67. The van der Waals surface area contributed by atoms with Crippen molar-refractivity contribution in [1.29, 1.82) is 5.26 Å². The van der Waals surface area contributed by atoms with Crippen LogP contribution in [0.1, 0.15) is 31.2 Å². The molecule has 0 amide bonds. The smallest absolute Gasteiger partial charge is 0.161 e. The molecule has 3 nitrogen and oxygen atoms in total. The molecule has 1 aliphatic rings. The van der Waals surface area contributed by atoms with E-state index >= 15 is 0 Å². The zero-order valence-corrected chi connectivity index (χ0v) is 12.2. The summed E-state index contributed by atoms with van der Waals surface area (Å²) in [6.07, 6.45) is 5.14. The minimum Gasteiger partial charge on any atom is -0.380 e. The Bertz CT molecular complexity index is 481. The zero-order valence-electron chi connectivity index (χ0n) is 10.6. The van der Waals surface area contributed by atoms with E-state index < -0.39 is 5.82 Å². The predicted octanol–water partition coefficient (Wildman–Crippen LogP) is 3.83. The number of hydrogen-bond donors (Lipinski definition) is 1. The first-order chi connectivity index (χ1) is 9.22. The highest BCUT2D eigenvalue weighted by Gasteiger charge is 2.15. The summed E-state index contributed by atoms with van der Waals surface area (Å²) in [6.45, 7) is 1.13. The van der Waals surface area contributed by atoms with E-state index in [9.17, 15) is 4.39 Å². The van der Waals surface area contributed by atoms with E-state index in [2.05, 4.69) is 21.2 Å². The van der Waals surface area contributed by atoms with E-state index in [1.807, 2.05) is 6.07 Å². The Hall–Kier alpha value is -1.12. The second-order valence-corrected chi connectivity index (χ2v) is 5.40. The van der Waals surface area contributed by atoms with Crippen LogP contribution in [0.3, 0.4) is 0 Å². The van der Waals surface area contributed by atoms with Crippen molar-refractivity contribution in [1.82, 2.24) is 0 Å². The predicted molar refractivity (Wildman–Crippen MR) is 75.5 cm³/mol. The van der Waals surface area contributed by atoms with Crippen LogP contribution in [0.25, 0.3) is 0 Å². The number of ether oxygens (including phenoxy) is 1. The minimum atomic E-state index is -0.431. The maximum absolute atomic E-state index is 13.9. The Kier molecular flexibility index (Phi) is 5.17. The molecule has 1 aromatic rings.